The molecule has 0 spiro atoms. The molecule has 1 aromatic carbocycles. The van der Waals surface area contributed by atoms with Gasteiger partial charge in [0.15, 0.2) is 0 Å². The minimum Gasteiger partial charge on any atom is -0.459 e. The average molecular weight is 253 g/mol. The smallest absolute Gasteiger partial charge is 0.326 e. The number of halogens is 1. The van der Waals surface area contributed by atoms with Crippen LogP contribution in [0.25, 0.3) is 0 Å². The second-order valence-electron chi connectivity index (χ2n) is 5.69. The molecule has 0 aliphatic heterocycles. The summed E-state index contributed by atoms with van der Waals surface area (Å²) in [5.74, 6) is -0.893. The minimum absolute atomic E-state index is 0.106. The zero-order valence-electron chi connectivity index (χ0n) is 11.3. The Hall–Kier alpha value is -1.42. The van der Waals surface area contributed by atoms with Gasteiger partial charge in [0, 0.05) is 6.42 Å². The predicted octanol–water partition coefficient (Wildman–Crippen LogP) is 2.43. The summed E-state index contributed by atoms with van der Waals surface area (Å²) in [5.41, 5.74) is 4.49. The molecule has 0 saturated carbocycles. The first-order chi connectivity index (χ1) is 8.12. The molecule has 0 amide bonds. The molecule has 100 valence electrons. The number of esters is 1. The standard InChI is InChI=1S/C14H20FNO2/c1-13(2,3)18-12(17)14(4,16)9-10-7-5-6-8-11(10)15/h5-8H,9,16H2,1-4H3. The highest BCUT2D eigenvalue weighted by Crippen LogP contribution is 2.18. The Bertz CT molecular complexity index is 436. The van der Waals surface area contributed by atoms with Crippen molar-refractivity contribution in [1.82, 2.24) is 0 Å². The first-order valence-electron chi connectivity index (χ1n) is 5.87. The van der Waals surface area contributed by atoms with Crippen LogP contribution in [0.1, 0.15) is 33.3 Å². The van der Waals surface area contributed by atoms with Gasteiger partial charge in [0.05, 0.1) is 0 Å². The fourth-order valence-electron chi connectivity index (χ4n) is 1.50. The normalized spacial score (nSPS) is 15.0. The van der Waals surface area contributed by atoms with E-state index in [0.717, 1.165) is 0 Å². The van der Waals surface area contributed by atoms with Gasteiger partial charge in [0.1, 0.15) is 17.0 Å². The van der Waals surface area contributed by atoms with E-state index in [0.29, 0.717) is 5.56 Å². The molecule has 0 aliphatic carbocycles. The van der Waals surface area contributed by atoms with E-state index >= 15 is 0 Å². The summed E-state index contributed by atoms with van der Waals surface area (Å²) in [6.45, 7) is 6.85. The van der Waals surface area contributed by atoms with E-state index in [1.165, 1.54) is 6.07 Å². The molecule has 0 aromatic heterocycles. The van der Waals surface area contributed by atoms with Gasteiger partial charge in [0.2, 0.25) is 0 Å². The van der Waals surface area contributed by atoms with Gasteiger partial charge >= 0.3 is 5.97 Å². The molecule has 2 N–H and O–H groups in total. The Balaban J connectivity index is 2.82. The summed E-state index contributed by atoms with van der Waals surface area (Å²) in [6.07, 6.45) is 0.106. The van der Waals surface area contributed by atoms with E-state index < -0.39 is 17.1 Å². The quantitative estimate of drug-likeness (QED) is 0.842. The fourth-order valence-corrected chi connectivity index (χ4v) is 1.50. The number of carbonyl (C=O) groups is 1. The molecule has 1 rings (SSSR count). The SMILES string of the molecule is CC(C)(C)OC(=O)C(C)(N)Cc1ccccc1F. The van der Waals surface area contributed by atoms with Crippen LogP contribution in [-0.2, 0) is 16.0 Å². The van der Waals surface area contributed by atoms with Crippen LogP contribution in [0.5, 0.6) is 0 Å². The van der Waals surface area contributed by atoms with Gasteiger partial charge in [-0.3, -0.25) is 4.79 Å². The number of rotatable bonds is 3. The molecule has 0 saturated heterocycles. The van der Waals surface area contributed by atoms with Crippen LogP contribution in [0.3, 0.4) is 0 Å². The van der Waals surface area contributed by atoms with Gasteiger partial charge in [0.25, 0.3) is 0 Å². The number of nitrogens with two attached hydrogens (primary N) is 1. The fraction of sp³-hybridized carbons (Fsp3) is 0.500. The second kappa shape index (κ2) is 5.06. The Morgan fingerprint density at radius 1 is 1.28 bits per heavy atom. The first kappa shape index (κ1) is 14.6. The Labute approximate surface area is 107 Å². The number of hydrogen-bond acceptors (Lipinski definition) is 3. The predicted molar refractivity (Wildman–Crippen MR) is 68.5 cm³/mol. The minimum atomic E-state index is -1.24. The number of hydrogen-bond donors (Lipinski definition) is 1. The van der Waals surface area contributed by atoms with Crippen molar-refractivity contribution in [2.45, 2.75) is 45.3 Å². The highest BCUT2D eigenvalue weighted by atomic mass is 19.1. The van der Waals surface area contributed by atoms with Crippen LogP contribution in [-0.4, -0.2) is 17.1 Å². The van der Waals surface area contributed by atoms with Gasteiger partial charge in [-0.25, -0.2) is 4.39 Å². The molecule has 1 atom stereocenters. The molecule has 1 unspecified atom stereocenters. The van der Waals surface area contributed by atoms with Gasteiger partial charge in [-0.05, 0) is 39.3 Å². The first-order valence-corrected chi connectivity index (χ1v) is 5.87. The largest absolute Gasteiger partial charge is 0.459 e. The van der Waals surface area contributed by atoms with Crippen molar-refractivity contribution in [3.05, 3.63) is 35.6 Å². The van der Waals surface area contributed by atoms with E-state index in [4.69, 9.17) is 10.5 Å². The van der Waals surface area contributed by atoms with Crippen molar-refractivity contribution in [2.24, 2.45) is 5.73 Å². The summed E-state index contributed by atoms with van der Waals surface area (Å²) in [4.78, 5) is 11.9. The molecule has 1 aromatic rings. The van der Waals surface area contributed by atoms with Gasteiger partial charge in [-0.15, -0.1) is 0 Å². The number of ether oxygens (including phenoxy) is 1. The Morgan fingerprint density at radius 2 is 1.83 bits per heavy atom. The summed E-state index contributed by atoms with van der Waals surface area (Å²) in [5, 5.41) is 0. The molecular formula is C14H20FNO2. The molecule has 18 heavy (non-hydrogen) atoms. The van der Waals surface area contributed by atoms with Crippen molar-refractivity contribution in [2.75, 3.05) is 0 Å². The van der Waals surface area contributed by atoms with Crippen LogP contribution in [0.15, 0.2) is 24.3 Å². The van der Waals surface area contributed by atoms with Crippen molar-refractivity contribution in [1.29, 1.82) is 0 Å². The summed E-state index contributed by atoms with van der Waals surface area (Å²) >= 11 is 0. The number of benzene rings is 1. The molecule has 0 radical (unpaired) electrons. The lowest BCUT2D eigenvalue weighted by atomic mass is 9.93. The maximum Gasteiger partial charge on any atom is 0.326 e. The van der Waals surface area contributed by atoms with Crippen LogP contribution < -0.4 is 5.73 Å². The third-order valence-electron chi connectivity index (χ3n) is 2.38. The topological polar surface area (TPSA) is 52.3 Å². The second-order valence-corrected chi connectivity index (χ2v) is 5.69. The highest BCUT2D eigenvalue weighted by molar-refractivity contribution is 5.80. The lowest BCUT2D eigenvalue weighted by molar-refractivity contribution is -0.160. The summed E-state index contributed by atoms with van der Waals surface area (Å²) < 4.78 is 18.7. The lowest BCUT2D eigenvalue weighted by Crippen LogP contribution is -2.50. The zero-order chi connectivity index (χ0) is 14.0. The lowest BCUT2D eigenvalue weighted by Gasteiger charge is -2.28. The van der Waals surface area contributed by atoms with Crippen LogP contribution >= 0.6 is 0 Å². The van der Waals surface area contributed by atoms with E-state index in [2.05, 4.69) is 0 Å². The van der Waals surface area contributed by atoms with E-state index in [1.54, 1.807) is 45.9 Å². The maximum atomic E-state index is 13.5. The van der Waals surface area contributed by atoms with E-state index in [-0.39, 0.29) is 12.2 Å². The van der Waals surface area contributed by atoms with E-state index in [9.17, 15) is 9.18 Å². The maximum absolute atomic E-state index is 13.5. The molecule has 0 heterocycles. The van der Waals surface area contributed by atoms with Gasteiger partial charge in [-0.2, -0.15) is 0 Å². The monoisotopic (exact) mass is 253 g/mol. The Kier molecular flexibility index (Phi) is 4.12. The molecule has 0 fully saturated rings. The van der Waals surface area contributed by atoms with Gasteiger partial charge in [-0.1, -0.05) is 18.2 Å². The summed E-state index contributed by atoms with van der Waals surface area (Å²) in [6, 6.07) is 6.27. The Morgan fingerprint density at radius 3 is 2.33 bits per heavy atom. The van der Waals surface area contributed by atoms with Crippen LogP contribution in [0.4, 0.5) is 4.39 Å². The highest BCUT2D eigenvalue weighted by Gasteiger charge is 2.34. The average Bonchev–Trinajstić information content (AvgIpc) is 2.18. The molecular weight excluding hydrogens is 233 g/mol. The summed E-state index contributed by atoms with van der Waals surface area (Å²) in [7, 11) is 0. The third kappa shape index (κ3) is 4.11. The third-order valence-corrected chi connectivity index (χ3v) is 2.38. The van der Waals surface area contributed by atoms with Crippen molar-refractivity contribution < 1.29 is 13.9 Å². The van der Waals surface area contributed by atoms with Crippen molar-refractivity contribution >= 4 is 5.97 Å². The van der Waals surface area contributed by atoms with Gasteiger partial charge < -0.3 is 10.5 Å². The zero-order valence-corrected chi connectivity index (χ0v) is 11.3. The van der Waals surface area contributed by atoms with E-state index in [1.807, 2.05) is 0 Å². The van der Waals surface area contributed by atoms with Crippen molar-refractivity contribution in [3.8, 4) is 0 Å². The van der Waals surface area contributed by atoms with Crippen LogP contribution in [0.2, 0.25) is 0 Å². The number of carbonyl (C=O) groups excluding carboxylic acids is 1. The molecule has 0 aliphatic rings. The van der Waals surface area contributed by atoms with Crippen LogP contribution in [0, 0.1) is 5.82 Å². The molecule has 3 nitrogen and oxygen atoms in total. The molecule has 4 heteroatoms. The molecule has 0 bridgehead atoms. The van der Waals surface area contributed by atoms with Crippen molar-refractivity contribution in [3.63, 3.8) is 0 Å².